The summed E-state index contributed by atoms with van der Waals surface area (Å²) in [7, 11) is 0. The van der Waals surface area contributed by atoms with Gasteiger partial charge in [-0.15, -0.1) is 0 Å². The van der Waals surface area contributed by atoms with E-state index >= 15 is 0 Å². The first-order chi connectivity index (χ1) is 8.39. The molecular formula is C13H15BrF3N. The largest absolute Gasteiger partial charge is 0.416 e. The molecule has 2 N–H and O–H groups in total. The van der Waals surface area contributed by atoms with Gasteiger partial charge in [-0.05, 0) is 42.5 Å². The highest BCUT2D eigenvalue weighted by molar-refractivity contribution is 9.10. The maximum absolute atomic E-state index is 12.7. The zero-order chi connectivity index (χ0) is 13.3. The number of benzene rings is 1. The summed E-state index contributed by atoms with van der Waals surface area (Å²) in [6.07, 6.45) is -0.0670. The third kappa shape index (κ3) is 2.88. The van der Waals surface area contributed by atoms with Crippen molar-refractivity contribution in [3.63, 3.8) is 0 Å². The van der Waals surface area contributed by atoms with Gasteiger partial charge in [-0.25, -0.2) is 0 Å². The molecule has 0 unspecified atom stereocenters. The van der Waals surface area contributed by atoms with Crippen molar-refractivity contribution >= 4 is 15.9 Å². The predicted molar refractivity (Wildman–Crippen MR) is 68.0 cm³/mol. The molecule has 0 heterocycles. The van der Waals surface area contributed by atoms with Gasteiger partial charge in [0.25, 0.3) is 0 Å². The Bertz CT molecular complexity index is 425. The zero-order valence-corrected chi connectivity index (χ0v) is 11.4. The molecule has 1 aliphatic carbocycles. The molecule has 0 amide bonds. The second kappa shape index (κ2) is 5.21. The van der Waals surface area contributed by atoms with Gasteiger partial charge in [0.1, 0.15) is 0 Å². The van der Waals surface area contributed by atoms with Gasteiger partial charge in [0.2, 0.25) is 0 Å². The molecule has 0 radical (unpaired) electrons. The first kappa shape index (κ1) is 13.9. The molecule has 0 aromatic heterocycles. The van der Waals surface area contributed by atoms with Crippen molar-refractivity contribution in [1.29, 1.82) is 0 Å². The third-order valence-electron chi connectivity index (χ3n) is 3.59. The van der Waals surface area contributed by atoms with E-state index in [1.54, 1.807) is 0 Å². The number of rotatable bonds is 2. The summed E-state index contributed by atoms with van der Waals surface area (Å²) in [6.45, 7) is 0. The lowest BCUT2D eigenvalue weighted by molar-refractivity contribution is -0.137. The topological polar surface area (TPSA) is 26.0 Å². The number of hydrogen-bond acceptors (Lipinski definition) is 1. The van der Waals surface area contributed by atoms with Crippen LogP contribution in [0.4, 0.5) is 13.2 Å². The minimum atomic E-state index is -4.31. The third-order valence-corrected chi connectivity index (χ3v) is 4.31. The average Bonchev–Trinajstić information content (AvgIpc) is 2.80. The lowest BCUT2D eigenvalue weighted by Crippen LogP contribution is -2.20. The molecule has 0 bridgehead atoms. The molecule has 1 saturated carbocycles. The Balaban J connectivity index is 2.31. The average molecular weight is 322 g/mol. The molecule has 100 valence electrons. The molecule has 1 nitrogen and oxygen atoms in total. The second-order valence-corrected chi connectivity index (χ2v) is 5.66. The van der Waals surface area contributed by atoms with E-state index in [1.807, 2.05) is 0 Å². The van der Waals surface area contributed by atoms with Crippen LogP contribution in [-0.4, -0.2) is 0 Å². The molecule has 1 aromatic rings. The maximum atomic E-state index is 12.7. The fourth-order valence-corrected chi connectivity index (χ4v) is 3.06. The van der Waals surface area contributed by atoms with Crippen LogP contribution < -0.4 is 5.73 Å². The van der Waals surface area contributed by atoms with Crippen molar-refractivity contribution in [3.05, 3.63) is 33.8 Å². The second-order valence-electron chi connectivity index (χ2n) is 4.80. The van der Waals surface area contributed by atoms with Gasteiger partial charge in [-0.2, -0.15) is 13.2 Å². The van der Waals surface area contributed by atoms with E-state index in [-0.39, 0.29) is 6.04 Å². The summed E-state index contributed by atoms with van der Waals surface area (Å²) in [5.41, 5.74) is 6.05. The van der Waals surface area contributed by atoms with Crippen LogP contribution in [-0.2, 0) is 6.18 Å². The minimum Gasteiger partial charge on any atom is -0.324 e. The minimum absolute atomic E-state index is 0.296. The zero-order valence-electron chi connectivity index (χ0n) is 9.80. The predicted octanol–water partition coefficient (Wildman–Crippen LogP) is 4.66. The van der Waals surface area contributed by atoms with Crippen LogP contribution in [0.3, 0.4) is 0 Å². The van der Waals surface area contributed by atoms with Gasteiger partial charge in [-0.3, -0.25) is 0 Å². The molecule has 0 spiro atoms. The molecule has 1 atom stereocenters. The normalized spacial score (nSPS) is 19.2. The van der Waals surface area contributed by atoms with E-state index in [9.17, 15) is 13.2 Å². The summed E-state index contributed by atoms with van der Waals surface area (Å²) < 4.78 is 38.7. The van der Waals surface area contributed by atoms with Crippen molar-refractivity contribution in [2.45, 2.75) is 37.9 Å². The van der Waals surface area contributed by atoms with Crippen LogP contribution >= 0.6 is 15.9 Å². The SMILES string of the molecule is N[C@H](c1cc(C(F)(F)F)ccc1Br)C1CCCC1. The molecule has 1 fully saturated rings. The molecule has 5 heteroatoms. The Kier molecular flexibility index (Phi) is 4.02. The van der Waals surface area contributed by atoms with Crippen molar-refractivity contribution in [3.8, 4) is 0 Å². The van der Waals surface area contributed by atoms with E-state index in [1.165, 1.54) is 12.1 Å². The van der Waals surface area contributed by atoms with Crippen LogP contribution in [0, 0.1) is 5.92 Å². The van der Waals surface area contributed by atoms with Gasteiger partial charge in [-0.1, -0.05) is 28.8 Å². The number of nitrogens with two attached hydrogens (primary N) is 1. The Morgan fingerprint density at radius 3 is 2.39 bits per heavy atom. The molecular weight excluding hydrogens is 307 g/mol. The summed E-state index contributed by atoms with van der Waals surface area (Å²) in [5.74, 6) is 0.296. The van der Waals surface area contributed by atoms with E-state index < -0.39 is 11.7 Å². The highest BCUT2D eigenvalue weighted by Gasteiger charge is 2.32. The lowest BCUT2D eigenvalue weighted by atomic mass is 9.91. The van der Waals surface area contributed by atoms with E-state index in [4.69, 9.17) is 5.73 Å². The van der Waals surface area contributed by atoms with Crippen LogP contribution in [0.25, 0.3) is 0 Å². The van der Waals surface area contributed by atoms with Gasteiger partial charge in [0.15, 0.2) is 0 Å². The Labute approximate surface area is 113 Å². The summed E-state index contributed by atoms with van der Waals surface area (Å²) in [5, 5.41) is 0. The quantitative estimate of drug-likeness (QED) is 0.842. The Morgan fingerprint density at radius 2 is 1.83 bits per heavy atom. The van der Waals surface area contributed by atoms with Crippen molar-refractivity contribution in [2.75, 3.05) is 0 Å². The molecule has 18 heavy (non-hydrogen) atoms. The van der Waals surface area contributed by atoms with E-state index in [0.717, 1.165) is 31.7 Å². The van der Waals surface area contributed by atoms with Gasteiger partial charge in [0.05, 0.1) is 5.56 Å². The first-order valence-corrected chi connectivity index (χ1v) is 6.81. The Hall–Kier alpha value is -0.550. The van der Waals surface area contributed by atoms with Crippen molar-refractivity contribution < 1.29 is 13.2 Å². The van der Waals surface area contributed by atoms with Crippen LogP contribution in [0.5, 0.6) is 0 Å². The number of hydrogen-bond donors (Lipinski definition) is 1. The van der Waals surface area contributed by atoms with Crippen molar-refractivity contribution in [1.82, 2.24) is 0 Å². The lowest BCUT2D eigenvalue weighted by Gasteiger charge is -2.21. The fourth-order valence-electron chi connectivity index (χ4n) is 2.55. The number of alkyl halides is 3. The van der Waals surface area contributed by atoms with Crippen LogP contribution in [0.1, 0.15) is 42.9 Å². The molecule has 1 aliphatic rings. The van der Waals surface area contributed by atoms with Gasteiger partial charge >= 0.3 is 6.18 Å². The van der Waals surface area contributed by atoms with E-state index in [0.29, 0.717) is 16.0 Å². The Morgan fingerprint density at radius 1 is 1.22 bits per heavy atom. The van der Waals surface area contributed by atoms with Crippen LogP contribution in [0.15, 0.2) is 22.7 Å². The summed E-state index contributed by atoms with van der Waals surface area (Å²) in [6, 6.07) is 3.37. The number of halogens is 4. The maximum Gasteiger partial charge on any atom is 0.416 e. The van der Waals surface area contributed by atoms with Crippen molar-refractivity contribution in [2.24, 2.45) is 11.7 Å². The van der Waals surface area contributed by atoms with Gasteiger partial charge < -0.3 is 5.73 Å². The molecule has 2 rings (SSSR count). The smallest absolute Gasteiger partial charge is 0.324 e. The molecule has 1 aromatic carbocycles. The standard InChI is InChI=1S/C13H15BrF3N/c14-11-6-5-9(13(15,16)17)7-10(11)12(18)8-3-1-2-4-8/h5-8,12H,1-4,18H2/t12-/m0/s1. The fraction of sp³-hybridized carbons (Fsp3) is 0.538. The summed E-state index contributed by atoms with van der Waals surface area (Å²) >= 11 is 3.30. The van der Waals surface area contributed by atoms with E-state index in [2.05, 4.69) is 15.9 Å². The monoisotopic (exact) mass is 321 g/mol. The van der Waals surface area contributed by atoms with Gasteiger partial charge in [0, 0.05) is 10.5 Å². The highest BCUT2D eigenvalue weighted by atomic mass is 79.9. The molecule has 0 aliphatic heterocycles. The summed E-state index contributed by atoms with van der Waals surface area (Å²) in [4.78, 5) is 0. The molecule has 0 saturated heterocycles. The highest BCUT2D eigenvalue weighted by Crippen LogP contribution is 2.39. The first-order valence-electron chi connectivity index (χ1n) is 6.02. The van der Waals surface area contributed by atoms with Crippen LogP contribution in [0.2, 0.25) is 0 Å².